The van der Waals surface area contributed by atoms with Crippen LogP contribution in [0.1, 0.15) is 17.4 Å². The Bertz CT molecular complexity index is 486. The number of nitrogens with zero attached hydrogens (tertiary/aromatic N) is 1. The van der Waals surface area contributed by atoms with E-state index in [-0.39, 0.29) is 11.1 Å². The van der Waals surface area contributed by atoms with Crippen molar-refractivity contribution in [3.05, 3.63) is 52.8 Å². The lowest BCUT2D eigenvalue weighted by Crippen LogP contribution is -2.30. The summed E-state index contributed by atoms with van der Waals surface area (Å²) in [6.45, 7) is 0. The van der Waals surface area contributed by atoms with Gasteiger partial charge in [0.05, 0.1) is 11.1 Å². The number of H-pyrrole nitrogens is 1. The lowest BCUT2D eigenvalue weighted by Gasteiger charge is -2.14. The van der Waals surface area contributed by atoms with Crippen molar-refractivity contribution >= 4 is 11.6 Å². The number of halogens is 2. The van der Waals surface area contributed by atoms with E-state index in [1.54, 1.807) is 24.5 Å². The Hall–Kier alpha value is -1.43. The number of hydrogen-bond acceptors (Lipinski definition) is 3. The van der Waals surface area contributed by atoms with Crippen LogP contribution < -0.4 is 11.3 Å². The molecular formula is C11H12ClFN4. The van der Waals surface area contributed by atoms with Gasteiger partial charge in [0.2, 0.25) is 0 Å². The second kappa shape index (κ2) is 5.27. The molecule has 0 aliphatic rings. The molecule has 1 unspecified atom stereocenters. The summed E-state index contributed by atoms with van der Waals surface area (Å²) in [6.07, 6.45) is 3.79. The van der Waals surface area contributed by atoms with Crippen LogP contribution in [-0.2, 0) is 6.42 Å². The Labute approximate surface area is 103 Å². The van der Waals surface area contributed by atoms with Crippen molar-refractivity contribution in [2.24, 2.45) is 5.84 Å². The summed E-state index contributed by atoms with van der Waals surface area (Å²) in [6, 6.07) is 4.47. The van der Waals surface area contributed by atoms with Gasteiger partial charge in [-0.1, -0.05) is 23.7 Å². The van der Waals surface area contributed by atoms with Gasteiger partial charge in [0.1, 0.15) is 11.6 Å². The van der Waals surface area contributed by atoms with Crippen LogP contribution in [0.5, 0.6) is 0 Å². The average molecular weight is 255 g/mol. The third-order valence-electron chi connectivity index (χ3n) is 2.51. The van der Waals surface area contributed by atoms with Gasteiger partial charge < -0.3 is 4.98 Å². The van der Waals surface area contributed by atoms with Crippen LogP contribution in [0, 0.1) is 5.82 Å². The van der Waals surface area contributed by atoms with Crippen LogP contribution in [0.15, 0.2) is 30.6 Å². The van der Waals surface area contributed by atoms with Crippen LogP contribution in [0.25, 0.3) is 0 Å². The molecular weight excluding hydrogens is 243 g/mol. The van der Waals surface area contributed by atoms with Crippen molar-refractivity contribution in [3.8, 4) is 0 Å². The Kier molecular flexibility index (Phi) is 3.73. The van der Waals surface area contributed by atoms with E-state index in [2.05, 4.69) is 15.4 Å². The van der Waals surface area contributed by atoms with Crippen molar-refractivity contribution in [3.63, 3.8) is 0 Å². The predicted molar refractivity (Wildman–Crippen MR) is 63.8 cm³/mol. The monoisotopic (exact) mass is 254 g/mol. The standard InChI is InChI=1S/C11H12ClFN4/c12-10-7(2-1-3-8(10)13)6-9(17-14)11-15-4-5-16-11/h1-5,9,17H,6,14H2,(H,15,16). The molecule has 17 heavy (non-hydrogen) atoms. The van der Waals surface area contributed by atoms with Gasteiger partial charge in [-0.15, -0.1) is 0 Å². The fraction of sp³-hybridized carbons (Fsp3) is 0.182. The van der Waals surface area contributed by atoms with Crippen molar-refractivity contribution < 1.29 is 4.39 Å². The molecule has 1 aromatic heterocycles. The number of hydrazine groups is 1. The van der Waals surface area contributed by atoms with E-state index in [4.69, 9.17) is 17.4 Å². The Morgan fingerprint density at radius 3 is 3.00 bits per heavy atom. The highest BCUT2D eigenvalue weighted by Gasteiger charge is 2.15. The molecule has 1 atom stereocenters. The molecule has 2 aromatic rings. The summed E-state index contributed by atoms with van der Waals surface area (Å²) in [5.41, 5.74) is 3.31. The molecule has 90 valence electrons. The number of rotatable bonds is 4. The molecule has 0 fully saturated rings. The summed E-state index contributed by atoms with van der Waals surface area (Å²) in [5, 5.41) is 0.124. The van der Waals surface area contributed by atoms with Crippen molar-refractivity contribution in [2.45, 2.75) is 12.5 Å². The Morgan fingerprint density at radius 1 is 1.53 bits per heavy atom. The first-order valence-corrected chi connectivity index (χ1v) is 5.48. The molecule has 0 spiro atoms. The van der Waals surface area contributed by atoms with E-state index in [0.29, 0.717) is 17.8 Å². The highest BCUT2D eigenvalue weighted by Crippen LogP contribution is 2.24. The second-order valence-corrected chi connectivity index (χ2v) is 3.99. The number of hydrogen-bond donors (Lipinski definition) is 3. The normalized spacial score (nSPS) is 12.6. The summed E-state index contributed by atoms with van der Waals surface area (Å²) in [4.78, 5) is 7.05. The zero-order chi connectivity index (χ0) is 12.3. The highest BCUT2D eigenvalue weighted by atomic mass is 35.5. The van der Waals surface area contributed by atoms with Gasteiger partial charge in [0, 0.05) is 12.4 Å². The molecule has 0 radical (unpaired) electrons. The van der Waals surface area contributed by atoms with Crippen LogP contribution in [0.3, 0.4) is 0 Å². The van der Waals surface area contributed by atoms with Crippen LogP contribution >= 0.6 is 11.6 Å². The number of imidazole rings is 1. The van der Waals surface area contributed by atoms with Crippen LogP contribution in [0.4, 0.5) is 4.39 Å². The van der Waals surface area contributed by atoms with E-state index in [1.807, 2.05) is 0 Å². The van der Waals surface area contributed by atoms with Gasteiger partial charge in [0.25, 0.3) is 0 Å². The first-order chi connectivity index (χ1) is 8.22. The van der Waals surface area contributed by atoms with E-state index < -0.39 is 5.82 Å². The molecule has 2 rings (SSSR count). The minimum Gasteiger partial charge on any atom is -0.347 e. The van der Waals surface area contributed by atoms with Gasteiger partial charge in [-0.05, 0) is 18.1 Å². The number of nitrogens with one attached hydrogen (secondary N) is 2. The smallest absolute Gasteiger partial charge is 0.142 e. The SMILES string of the molecule is NNC(Cc1cccc(F)c1Cl)c1ncc[nH]1. The predicted octanol–water partition coefficient (Wildman–Crippen LogP) is 1.95. The molecule has 0 amide bonds. The van der Waals surface area contributed by atoms with E-state index in [9.17, 15) is 4.39 Å². The molecule has 0 aliphatic heterocycles. The molecule has 0 aliphatic carbocycles. The third kappa shape index (κ3) is 2.63. The van der Waals surface area contributed by atoms with Crippen LogP contribution in [0.2, 0.25) is 5.02 Å². The largest absolute Gasteiger partial charge is 0.347 e. The average Bonchev–Trinajstić information content (AvgIpc) is 2.85. The molecule has 0 saturated carbocycles. The van der Waals surface area contributed by atoms with Crippen LogP contribution in [-0.4, -0.2) is 9.97 Å². The minimum absolute atomic E-state index is 0.124. The molecule has 1 heterocycles. The highest BCUT2D eigenvalue weighted by molar-refractivity contribution is 6.31. The number of benzene rings is 1. The fourth-order valence-electron chi connectivity index (χ4n) is 1.63. The van der Waals surface area contributed by atoms with Gasteiger partial charge >= 0.3 is 0 Å². The van der Waals surface area contributed by atoms with Crippen molar-refractivity contribution in [1.29, 1.82) is 0 Å². The molecule has 1 aromatic carbocycles. The lowest BCUT2D eigenvalue weighted by molar-refractivity contribution is 0.525. The lowest BCUT2D eigenvalue weighted by atomic mass is 10.1. The summed E-state index contributed by atoms with van der Waals surface area (Å²) < 4.78 is 13.3. The zero-order valence-corrected chi connectivity index (χ0v) is 9.71. The van der Waals surface area contributed by atoms with E-state index in [1.165, 1.54) is 6.07 Å². The summed E-state index contributed by atoms with van der Waals surface area (Å²) in [5.74, 6) is 5.71. The first kappa shape index (κ1) is 12.0. The minimum atomic E-state index is -0.431. The molecule has 4 nitrogen and oxygen atoms in total. The van der Waals surface area contributed by atoms with Gasteiger partial charge in [0.15, 0.2) is 0 Å². The van der Waals surface area contributed by atoms with Gasteiger partial charge in [-0.2, -0.15) is 0 Å². The topological polar surface area (TPSA) is 66.7 Å². The Balaban J connectivity index is 2.22. The fourth-order valence-corrected chi connectivity index (χ4v) is 1.83. The molecule has 6 heteroatoms. The maximum atomic E-state index is 13.3. The first-order valence-electron chi connectivity index (χ1n) is 5.10. The summed E-state index contributed by atoms with van der Waals surface area (Å²) >= 11 is 5.88. The zero-order valence-electron chi connectivity index (χ0n) is 8.95. The van der Waals surface area contributed by atoms with Gasteiger partial charge in [-0.25, -0.2) is 14.8 Å². The number of nitrogens with two attached hydrogens (primary N) is 1. The number of aromatic nitrogens is 2. The van der Waals surface area contributed by atoms with Crippen molar-refractivity contribution in [2.75, 3.05) is 0 Å². The second-order valence-electron chi connectivity index (χ2n) is 3.61. The van der Waals surface area contributed by atoms with Gasteiger partial charge in [-0.3, -0.25) is 5.84 Å². The molecule has 0 bridgehead atoms. The van der Waals surface area contributed by atoms with E-state index >= 15 is 0 Å². The maximum absolute atomic E-state index is 13.3. The maximum Gasteiger partial charge on any atom is 0.142 e. The quantitative estimate of drug-likeness (QED) is 0.577. The van der Waals surface area contributed by atoms with Crippen molar-refractivity contribution in [1.82, 2.24) is 15.4 Å². The molecule has 4 N–H and O–H groups in total. The molecule has 0 saturated heterocycles. The summed E-state index contributed by atoms with van der Waals surface area (Å²) in [7, 11) is 0. The Morgan fingerprint density at radius 2 is 2.35 bits per heavy atom. The van der Waals surface area contributed by atoms with E-state index in [0.717, 1.165) is 0 Å². The number of aromatic amines is 1. The third-order valence-corrected chi connectivity index (χ3v) is 2.93.